The predicted molar refractivity (Wildman–Crippen MR) is 86.9 cm³/mol. The summed E-state index contributed by atoms with van der Waals surface area (Å²) >= 11 is 1.62. The molecule has 112 valence electrons. The Kier molecular flexibility index (Phi) is 4.47. The monoisotopic (exact) mass is 303 g/mol. The van der Waals surface area contributed by atoms with E-state index in [-0.39, 0.29) is 11.8 Å². The molecule has 0 saturated heterocycles. The molecule has 0 aliphatic carbocycles. The number of benzene rings is 1. The summed E-state index contributed by atoms with van der Waals surface area (Å²) in [7, 11) is 0. The second kappa shape index (κ2) is 5.98. The maximum absolute atomic E-state index is 10.8. The fraction of sp³-hybridized carbons (Fsp3) is 0.412. The van der Waals surface area contributed by atoms with Crippen molar-refractivity contribution in [3.05, 3.63) is 40.4 Å². The summed E-state index contributed by atoms with van der Waals surface area (Å²) in [5.74, 6) is -0.764. The van der Waals surface area contributed by atoms with E-state index < -0.39 is 5.97 Å². The second-order valence-electron chi connectivity index (χ2n) is 6.30. The van der Waals surface area contributed by atoms with Gasteiger partial charge in [0.25, 0.3) is 0 Å². The van der Waals surface area contributed by atoms with Gasteiger partial charge in [0.05, 0.1) is 12.1 Å². The van der Waals surface area contributed by atoms with Crippen LogP contribution in [0.3, 0.4) is 0 Å². The van der Waals surface area contributed by atoms with Crippen LogP contribution in [-0.4, -0.2) is 16.1 Å². The minimum atomic E-state index is -0.764. The van der Waals surface area contributed by atoms with E-state index in [1.54, 1.807) is 11.3 Å². The van der Waals surface area contributed by atoms with Crippen molar-refractivity contribution in [1.29, 1.82) is 0 Å². The average Bonchev–Trinajstić information content (AvgIpc) is 2.80. The van der Waals surface area contributed by atoms with Crippen molar-refractivity contribution < 1.29 is 9.90 Å². The molecule has 2 aromatic rings. The van der Waals surface area contributed by atoms with Gasteiger partial charge in [0.1, 0.15) is 5.01 Å². The molecule has 1 N–H and O–H groups in total. The SMILES string of the molecule is Cc1cccc(-c2nc(C(C)(C)C)c(CCC(=O)O)s2)c1. The molecule has 0 saturated carbocycles. The number of hydrogen-bond acceptors (Lipinski definition) is 3. The van der Waals surface area contributed by atoms with Crippen LogP contribution in [0.25, 0.3) is 10.6 Å². The molecule has 0 aliphatic heterocycles. The molecular formula is C17H21NO2S. The first-order valence-electron chi connectivity index (χ1n) is 7.06. The summed E-state index contributed by atoms with van der Waals surface area (Å²) in [5.41, 5.74) is 3.25. The first-order chi connectivity index (χ1) is 9.77. The number of carboxylic acids is 1. The number of aromatic nitrogens is 1. The third-order valence-corrected chi connectivity index (χ3v) is 4.40. The highest BCUT2D eigenvalue weighted by atomic mass is 32.1. The molecule has 21 heavy (non-hydrogen) atoms. The summed E-state index contributed by atoms with van der Waals surface area (Å²) in [6.07, 6.45) is 0.698. The molecule has 1 aromatic carbocycles. The van der Waals surface area contributed by atoms with Gasteiger partial charge in [-0.3, -0.25) is 4.79 Å². The van der Waals surface area contributed by atoms with Gasteiger partial charge in [-0.15, -0.1) is 11.3 Å². The van der Waals surface area contributed by atoms with Crippen LogP contribution in [0.15, 0.2) is 24.3 Å². The van der Waals surface area contributed by atoms with E-state index >= 15 is 0 Å². The van der Waals surface area contributed by atoms with Crippen LogP contribution < -0.4 is 0 Å². The zero-order chi connectivity index (χ0) is 15.6. The Morgan fingerprint density at radius 3 is 2.62 bits per heavy atom. The summed E-state index contributed by atoms with van der Waals surface area (Å²) < 4.78 is 0. The molecule has 0 fully saturated rings. The van der Waals surface area contributed by atoms with Crippen LogP contribution in [-0.2, 0) is 16.6 Å². The molecule has 0 atom stereocenters. The van der Waals surface area contributed by atoms with Gasteiger partial charge in [0.15, 0.2) is 0 Å². The summed E-state index contributed by atoms with van der Waals surface area (Å²) in [5, 5.41) is 9.89. The van der Waals surface area contributed by atoms with Crippen LogP contribution in [0.4, 0.5) is 0 Å². The zero-order valence-electron chi connectivity index (χ0n) is 12.9. The minimum Gasteiger partial charge on any atom is -0.481 e. The fourth-order valence-corrected chi connectivity index (χ4v) is 3.50. The lowest BCUT2D eigenvalue weighted by molar-refractivity contribution is -0.136. The number of nitrogens with zero attached hydrogens (tertiary/aromatic N) is 1. The van der Waals surface area contributed by atoms with Crippen molar-refractivity contribution in [2.24, 2.45) is 0 Å². The topological polar surface area (TPSA) is 50.2 Å². The van der Waals surface area contributed by atoms with Crippen LogP contribution in [0.5, 0.6) is 0 Å². The van der Waals surface area contributed by atoms with Crippen LogP contribution in [0.1, 0.15) is 43.3 Å². The van der Waals surface area contributed by atoms with Gasteiger partial charge in [-0.05, 0) is 19.4 Å². The predicted octanol–water partition coefficient (Wildman–Crippen LogP) is 4.43. The zero-order valence-corrected chi connectivity index (χ0v) is 13.8. The molecule has 0 unspecified atom stereocenters. The number of aryl methyl sites for hydroxylation is 2. The number of hydrogen-bond donors (Lipinski definition) is 1. The maximum atomic E-state index is 10.8. The van der Waals surface area contributed by atoms with Crippen molar-refractivity contribution in [3.8, 4) is 10.6 Å². The summed E-state index contributed by atoms with van der Waals surface area (Å²) in [6.45, 7) is 8.41. The minimum absolute atomic E-state index is 0.0770. The van der Waals surface area contributed by atoms with E-state index in [2.05, 4.69) is 45.9 Å². The van der Waals surface area contributed by atoms with E-state index in [0.717, 1.165) is 21.1 Å². The Labute approximate surface area is 129 Å². The van der Waals surface area contributed by atoms with Crippen molar-refractivity contribution in [2.75, 3.05) is 0 Å². The molecule has 0 aliphatic rings. The standard InChI is InChI=1S/C17H21NO2S/c1-11-6-5-7-12(10-11)16-18-15(17(2,3)4)13(21-16)8-9-14(19)20/h5-7,10H,8-9H2,1-4H3,(H,19,20). The van der Waals surface area contributed by atoms with Gasteiger partial charge in [-0.25, -0.2) is 4.98 Å². The Bertz CT molecular complexity index is 653. The molecule has 0 amide bonds. The lowest BCUT2D eigenvalue weighted by Crippen LogP contribution is -2.14. The maximum Gasteiger partial charge on any atom is 0.303 e. The molecule has 3 nitrogen and oxygen atoms in total. The van der Waals surface area contributed by atoms with Crippen molar-refractivity contribution in [2.45, 2.75) is 46.0 Å². The lowest BCUT2D eigenvalue weighted by atomic mass is 9.90. The third kappa shape index (κ3) is 3.91. The number of rotatable bonds is 4. The van der Waals surface area contributed by atoms with Gasteiger partial charge in [-0.2, -0.15) is 0 Å². The van der Waals surface area contributed by atoms with Crippen molar-refractivity contribution in [1.82, 2.24) is 4.98 Å². The molecule has 0 bridgehead atoms. The molecule has 0 spiro atoms. The van der Waals surface area contributed by atoms with E-state index in [0.29, 0.717) is 6.42 Å². The molecule has 1 aromatic heterocycles. The number of aliphatic carboxylic acids is 1. The summed E-state index contributed by atoms with van der Waals surface area (Å²) in [4.78, 5) is 16.7. The van der Waals surface area contributed by atoms with E-state index in [1.807, 2.05) is 6.07 Å². The van der Waals surface area contributed by atoms with Gasteiger partial charge < -0.3 is 5.11 Å². The summed E-state index contributed by atoms with van der Waals surface area (Å²) in [6, 6.07) is 8.26. The largest absolute Gasteiger partial charge is 0.481 e. The average molecular weight is 303 g/mol. The molecule has 4 heteroatoms. The smallest absolute Gasteiger partial charge is 0.303 e. The molecule has 1 heterocycles. The highest BCUT2D eigenvalue weighted by Gasteiger charge is 2.23. The van der Waals surface area contributed by atoms with E-state index in [9.17, 15) is 4.79 Å². The fourth-order valence-electron chi connectivity index (χ4n) is 2.23. The molecular weight excluding hydrogens is 282 g/mol. The van der Waals surface area contributed by atoms with Crippen LogP contribution in [0.2, 0.25) is 0 Å². The van der Waals surface area contributed by atoms with E-state index in [1.165, 1.54) is 5.56 Å². The lowest BCUT2D eigenvalue weighted by Gasteiger charge is -2.17. The van der Waals surface area contributed by atoms with Crippen molar-refractivity contribution in [3.63, 3.8) is 0 Å². The number of thiazole rings is 1. The number of carboxylic acid groups (broad SMARTS) is 1. The van der Waals surface area contributed by atoms with Gasteiger partial charge in [0, 0.05) is 15.9 Å². The second-order valence-corrected chi connectivity index (χ2v) is 7.39. The highest BCUT2D eigenvalue weighted by Crippen LogP contribution is 2.35. The molecule has 0 radical (unpaired) electrons. The Balaban J connectivity index is 2.42. The highest BCUT2D eigenvalue weighted by molar-refractivity contribution is 7.15. The van der Waals surface area contributed by atoms with Gasteiger partial charge in [-0.1, -0.05) is 44.5 Å². The first-order valence-corrected chi connectivity index (χ1v) is 7.88. The Morgan fingerprint density at radius 1 is 1.33 bits per heavy atom. The van der Waals surface area contributed by atoms with Crippen LogP contribution in [0, 0.1) is 6.92 Å². The van der Waals surface area contributed by atoms with Crippen LogP contribution >= 0.6 is 11.3 Å². The Hall–Kier alpha value is -1.68. The quantitative estimate of drug-likeness (QED) is 0.908. The third-order valence-electron chi connectivity index (χ3n) is 3.24. The Morgan fingerprint density at radius 2 is 2.05 bits per heavy atom. The normalized spacial score (nSPS) is 11.6. The number of carbonyl (C=O) groups is 1. The van der Waals surface area contributed by atoms with Gasteiger partial charge in [0.2, 0.25) is 0 Å². The van der Waals surface area contributed by atoms with Crippen molar-refractivity contribution >= 4 is 17.3 Å². The molecule has 2 rings (SSSR count). The van der Waals surface area contributed by atoms with Gasteiger partial charge >= 0.3 is 5.97 Å². The van der Waals surface area contributed by atoms with E-state index in [4.69, 9.17) is 10.1 Å². The first kappa shape index (κ1) is 15.7.